The van der Waals surface area contributed by atoms with Gasteiger partial charge in [-0.15, -0.1) is 0 Å². The largest absolute Gasteiger partial charge is 0.321 e. The molecule has 0 saturated heterocycles. The van der Waals surface area contributed by atoms with Gasteiger partial charge in [0, 0.05) is 0 Å². The summed E-state index contributed by atoms with van der Waals surface area (Å²) in [6.45, 7) is 5.64. The molecule has 1 atom stereocenters. The standard InChI is InChI=1S/C12H17NO/c1-8-4-9(2)6-11(5-8)7-12(13)10(3)14/h4-6,12H,7,13H2,1-3H3. The molecule has 0 aliphatic rings. The van der Waals surface area contributed by atoms with Crippen LogP contribution in [0, 0.1) is 13.8 Å². The van der Waals surface area contributed by atoms with Crippen LogP contribution in [-0.2, 0) is 11.2 Å². The van der Waals surface area contributed by atoms with Crippen LogP contribution in [0.25, 0.3) is 0 Å². The summed E-state index contributed by atoms with van der Waals surface area (Å²) in [5.74, 6) is 0.0455. The number of aryl methyl sites for hydroxylation is 2. The van der Waals surface area contributed by atoms with E-state index in [0.717, 1.165) is 5.56 Å². The van der Waals surface area contributed by atoms with Gasteiger partial charge in [0.25, 0.3) is 0 Å². The van der Waals surface area contributed by atoms with Crippen LogP contribution in [0.4, 0.5) is 0 Å². The van der Waals surface area contributed by atoms with Crippen LogP contribution in [0.3, 0.4) is 0 Å². The van der Waals surface area contributed by atoms with Gasteiger partial charge in [-0.1, -0.05) is 29.3 Å². The minimum Gasteiger partial charge on any atom is -0.321 e. The van der Waals surface area contributed by atoms with E-state index in [0.29, 0.717) is 6.42 Å². The van der Waals surface area contributed by atoms with Crippen molar-refractivity contribution in [1.29, 1.82) is 0 Å². The fraction of sp³-hybridized carbons (Fsp3) is 0.417. The first-order valence-corrected chi connectivity index (χ1v) is 4.82. The highest BCUT2D eigenvalue weighted by Crippen LogP contribution is 2.10. The van der Waals surface area contributed by atoms with Gasteiger partial charge < -0.3 is 5.73 Å². The third-order valence-corrected chi connectivity index (χ3v) is 2.26. The van der Waals surface area contributed by atoms with E-state index in [1.807, 2.05) is 0 Å². The van der Waals surface area contributed by atoms with Gasteiger partial charge in [0.2, 0.25) is 0 Å². The van der Waals surface area contributed by atoms with E-state index in [9.17, 15) is 4.79 Å². The summed E-state index contributed by atoms with van der Waals surface area (Å²) in [7, 11) is 0. The number of Topliss-reactive ketones (excluding diaryl/α,β-unsaturated/α-hetero) is 1. The second-order valence-corrected chi connectivity index (χ2v) is 3.92. The molecule has 0 saturated carbocycles. The van der Waals surface area contributed by atoms with E-state index in [1.54, 1.807) is 0 Å². The van der Waals surface area contributed by atoms with Gasteiger partial charge in [-0.2, -0.15) is 0 Å². The lowest BCUT2D eigenvalue weighted by molar-refractivity contribution is -0.118. The van der Waals surface area contributed by atoms with E-state index in [4.69, 9.17) is 5.73 Å². The fourth-order valence-corrected chi connectivity index (χ4v) is 1.58. The van der Waals surface area contributed by atoms with Gasteiger partial charge in [-0.25, -0.2) is 0 Å². The summed E-state index contributed by atoms with van der Waals surface area (Å²) >= 11 is 0. The van der Waals surface area contributed by atoms with Gasteiger partial charge >= 0.3 is 0 Å². The highest BCUT2D eigenvalue weighted by molar-refractivity contribution is 5.81. The van der Waals surface area contributed by atoms with Crippen molar-refractivity contribution in [2.75, 3.05) is 0 Å². The molecule has 0 fully saturated rings. The molecule has 2 nitrogen and oxygen atoms in total. The second-order valence-electron chi connectivity index (χ2n) is 3.92. The first-order valence-electron chi connectivity index (χ1n) is 4.82. The zero-order chi connectivity index (χ0) is 10.7. The van der Waals surface area contributed by atoms with Crippen LogP contribution in [0.2, 0.25) is 0 Å². The van der Waals surface area contributed by atoms with Crippen LogP contribution in [0.15, 0.2) is 18.2 Å². The highest BCUT2D eigenvalue weighted by atomic mass is 16.1. The molecule has 14 heavy (non-hydrogen) atoms. The minimum atomic E-state index is -0.365. The summed E-state index contributed by atoms with van der Waals surface area (Å²) in [4.78, 5) is 11.0. The number of hydrogen-bond acceptors (Lipinski definition) is 2. The molecule has 0 heterocycles. The van der Waals surface area contributed by atoms with Crippen molar-refractivity contribution in [1.82, 2.24) is 0 Å². The third-order valence-electron chi connectivity index (χ3n) is 2.26. The zero-order valence-corrected chi connectivity index (χ0v) is 9.00. The molecule has 0 aliphatic carbocycles. The molecule has 2 N–H and O–H groups in total. The fourth-order valence-electron chi connectivity index (χ4n) is 1.58. The van der Waals surface area contributed by atoms with Crippen molar-refractivity contribution in [2.45, 2.75) is 33.2 Å². The van der Waals surface area contributed by atoms with Gasteiger partial charge in [0.1, 0.15) is 5.78 Å². The Kier molecular flexibility index (Phi) is 3.42. The van der Waals surface area contributed by atoms with Crippen molar-refractivity contribution in [3.05, 3.63) is 34.9 Å². The van der Waals surface area contributed by atoms with Crippen LogP contribution < -0.4 is 5.73 Å². The van der Waals surface area contributed by atoms with Crippen LogP contribution in [0.1, 0.15) is 23.6 Å². The maximum Gasteiger partial charge on any atom is 0.146 e. The minimum absolute atomic E-state index is 0.0455. The molecule has 0 spiro atoms. The highest BCUT2D eigenvalue weighted by Gasteiger charge is 2.09. The average Bonchev–Trinajstić information content (AvgIpc) is 2.01. The van der Waals surface area contributed by atoms with Crippen molar-refractivity contribution in [3.8, 4) is 0 Å². The number of ketones is 1. The number of hydrogen-bond donors (Lipinski definition) is 1. The molecule has 1 aromatic carbocycles. The van der Waals surface area contributed by atoms with Crippen LogP contribution in [0.5, 0.6) is 0 Å². The van der Waals surface area contributed by atoms with Crippen molar-refractivity contribution in [3.63, 3.8) is 0 Å². The number of carbonyl (C=O) groups excluding carboxylic acids is 1. The molecule has 76 valence electrons. The predicted molar refractivity (Wildman–Crippen MR) is 58.3 cm³/mol. The monoisotopic (exact) mass is 191 g/mol. The molecule has 0 aliphatic heterocycles. The first kappa shape index (κ1) is 10.9. The summed E-state index contributed by atoms with van der Waals surface area (Å²) in [5.41, 5.74) is 9.28. The van der Waals surface area contributed by atoms with Gasteiger partial charge in [-0.05, 0) is 32.8 Å². The topological polar surface area (TPSA) is 43.1 Å². The Bertz CT molecular complexity index is 324. The molecular formula is C12H17NO. The summed E-state index contributed by atoms with van der Waals surface area (Å²) < 4.78 is 0. The Morgan fingerprint density at radius 2 is 1.79 bits per heavy atom. The molecule has 1 rings (SSSR count). The normalized spacial score (nSPS) is 12.6. The third kappa shape index (κ3) is 2.96. The zero-order valence-electron chi connectivity index (χ0n) is 9.00. The van der Waals surface area contributed by atoms with E-state index in [1.165, 1.54) is 18.1 Å². The van der Waals surface area contributed by atoms with Gasteiger partial charge in [0.15, 0.2) is 0 Å². The van der Waals surface area contributed by atoms with Gasteiger partial charge in [-0.3, -0.25) is 4.79 Å². The average molecular weight is 191 g/mol. The quantitative estimate of drug-likeness (QED) is 0.791. The Morgan fingerprint density at radius 3 is 2.21 bits per heavy atom. The van der Waals surface area contributed by atoms with E-state index in [2.05, 4.69) is 32.0 Å². The molecule has 0 amide bonds. The Balaban J connectivity index is 2.81. The Morgan fingerprint density at radius 1 is 1.29 bits per heavy atom. The Labute approximate surface area is 85.1 Å². The number of nitrogens with two attached hydrogens (primary N) is 1. The molecule has 2 heteroatoms. The first-order chi connectivity index (χ1) is 6.49. The summed E-state index contributed by atoms with van der Waals surface area (Å²) in [6.07, 6.45) is 0.637. The van der Waals surface area contributed by atoms with Crippen molar-refractivity contribution < 1.29 is 4.79 Å². The van der Waals surface area contributed by atoms with Crippen LogP contribution in [-0.4, -0.2) is 11.8 Å². The van der Waals surface area contributed by atoms with Crippen molar-refractivity contribution in [2.24, 2.45) is 5.73 Å². The Hall–Kier alpha value is -1.15. The molecular weight excluding hydrogens is 174 g/mol. The molecule has 0 bridgehead atoms. The number of rotatable bonds is 3. The van der Waals surface area contributed by atoms with E-state index < -0.39 is 0 Å². The lowest BCUT2D eigenvalue weighted by Crippen LogP contribution is -2.30. The maximum atomic E-state index is 11.0. The molecule has 0 radical (unpaired) electrons. The summed E-state index contributed by atoms with van der Waals surface area (Å²) in [6, 6.07) is 5.91. The SMILES string of the molecule is CC(=O)C(N)Cc1cc(C)cc(C)c1. The summed E-state index contributed by atoms with van der Waals surface area (Å²) in [5, 5.41) is 0. The maximum absolute atomic E-state index is 11.0. The molecule has 0 aromatic heterocycles. The smallest absolute Gasteiger partial charge is 0.146 e. The van der Waals surface area contributed by atoms with E-state index in [-0.39, 0.29) is 11.8 Å². The predicted octanol–water partition coefficient (Wildman–Crippen LogP) is 1.76. The number of benzene rings is 1. The lowest BCUT2D eigenvalue weighted by Gasteiger charge is -2.09. The van der Waals surface area contributed by atoms with Crippen molar-refractivity contribution >= 4 is 5.78 Å². The molecule has 1 aromatic rings. The van der Waals surface area contributed by atoms with Crippen LogP contribution >= 0.6 is 0 Å². The van der Waals surface area contributed by atoms with E-state index >= 15 is 0 Å². The van der Waals surface area contributed by atoms with Gasteiger partial charge in [0.05, 0.1) is 6.04 Å². The molecule has 1 unspecified atom stereocenters. The number of carbonyl (C=O) groups is 1. The second kappa shape index (κ2) is 4.38. The lowest BCUT2D eigenvalue weighted by atomic mass is 10.00.